The number of hydrogen-bond donors (Lipinski definition) is 1. The summed E-state index contributed by atoms with van der Waals surface area (Å²) in [7, 11) is 0. The summed E-state index contributed by atoms with van der Waals surface area (Å²) in [4.78, 5) is 0. The molecule has 0 atom stereocenters. The van der Waals surface area contributed by atoms with E-state index in [1.807, 2.05) is 18.3 Å². The molecule has 0 aliphatic rings. The standard InChI is InChI=1S/C10H9IN2/c1-7-4-2-3-5-8(7)10-9(11)6-12-13-10/h2-6H,1H3,(H,12,13). The van der Waals surface area contributed by atoms with Crippen LogP contribution in [0.3, 0.4) is 0 Å². The molecule has 0 amide bonds. The molecule has 0 saturated carbocycles. The van der Waals surface area contributed by atoms with Gasteiger partial charge in [0, 0.05) is 5.56 Å². The molecule has 2 rings (SSSR count). The van der Waals surface area contributed by atoms with Crippen LogP contribution in [0.4, 0.5) is 0 Å². The van der Waals surface area contributed by atoms with Crippen LogP contribution in [-0.4, -0.2) is 10.2 Å². The number of nitrogens with one attached hydrogen (secondary N) is 1. The number of nitrogens with zero attached hydrogens (tertiary/aromatic N) is 1. The fourth-order valence-electron chi connectivity index (χ4n) is 1.31. The smallest absolute Gasteiger partial charge is 0.0786 e. The first-order valence-corrected chi connectivity index (χ1v) is 5.12. The molecule has 0 aliphatic carbocycles. The number of aromatic nitrogens is 2. The Morgan fingerprint density at radius 3 is 2.69 bits per heavy atom. The third-order valence-electron chi connectivity index (χ3n) is 2.01. The molecule has 0 bridgehead atoms. The summed E-state index contributed by atoms with van der Waals surface area (Å²) in [5, 5.41) is 7.01. The van der Waals surface area contributed by atoms with Gasteiger partial charge in [-0.2, -0.15) is 5.10 Å². The Kier molecular flexibility index (Phi) is 2.35. The molecule has 2 aromatic rings. The molecule has 0 saturated heterocycles. The first-order chi connectivity index (χ1) is 6.29. The fraction of sp³-hybridized carbons (Fsp3) is 0.100. The Labute approximate surface area is 90.5 Å². The third-order valence-corrected chi connectivity index (χ3v) is 2.83. The highest BCUT2D eigenvalue weighted by atomic mass is 127. The molecular weight excluding hydrogens is 275 g/mol. The van der Waals surface area contributed by atoms with Crippen molar-refractivity contribution in [3.05, 3.63) is 39.6 Å². The van der Waals surface area contributed by atoms with Crippen LogP contribution in [0, 0.1) is 10.5 Å². The van der Waals surface area contributed by atoms with Gasteiger partial charge in [0.1, 0.15) is 0 Å². The average Bonchev–Trinajstić information content (AvgIpc) is 2.52. The molecule has 1 aromatic heterocycles. The quantitative estimate of drug-likeness (QED) is 0.801. The molecule has 66 valence electrons. The number of H-pyrrole nitrogens is 1. The van der Waals surface area contributed by atoms with Crippen LogP contribution in [0.5, 0.6) is 0 Å². The van der Waals surface area contributed by atoms with Crippen molar-refractivity contribution in [1.29, 1.82) is 0 Å². The molecule has 2 nitrogen and oxygen atoms in total. The number of aryl methyl sites for hydroxylation is 1. The Morgan fingerprint density at radius 2 is 2.08 bits per heavy atom. The maximum atomic E-state index is 4.01. The fourth-order valence-corrected chi connectivity index (χ4v) is 1.86. The van der Waals surface area contributed by atoms with Crippen LogP contribution in [0.15, 0.2) is 30.5 Å². The summed E-state index contributed by atoms with van der Waals surface area (Å²) in [6.45, 7) is 2.10. The second-order valence-corrected chi connectivity index (χ2v) is 4.07. The molecule has 1 aromatic carbocycles. The molecule has 0 spiro atoms. The SMILES string of the molecule is Cc1ccccc1-c1[nH]ncc1I. The lowest BCUT2D eigenvalue weighted by atomic mass is 10.1. The van der Waals surface area contributed by atoms with Gasteiger partial charge in [-0.3, -0.25) is 5.10 Å². The van der Waals surface area contributed by atoms with Gasteiger partial charge < -0.3 is 0 Å². The normalized spacial score (nSPS) is 10.3. The second kappa shape index (κ2) is 3.49. The molecule has 0 aliphatic heterocycles. The number of rotatable bonds is 1. The van der Waals surface area contributed by atoms with E-state index in [-0.39, 0.29) is 0 Å². The summed E-state index contributed by atoms with van der Waals surface area (Å²) < 4.78 is 1.16. The van der Waals surface area contributed by atoms with Crippen molar-refractivity contribution in [2.45, 2.75) is 6.92 Å². The largest absolute Gasteiger partial charge is 0.277 e. The van der Waals surface area contributed by atoms with E-state index in [4.69, 9.17) is 0 Å². The van der Waals surface area contributed by atoms with Gasteiger partial charge in [0.25, 0.3) is 0 Å². The van der Waals surface area contributed by atoms with Crippen LogP contribution < -0.4 is 0 Å². The Balaban J connectivity index is 2.59. The summed E-state index contributed by atoms with van der Waals surface area (Å²) in [6, 6.07) is 8.29. The minimum Gasteiger partial charge on any atom is -0.277 e. The van der Waals surface area contributed by atoms with Gasteiger partial charge in [-0.25, -0.2) is 0 Å². The van der Waals surface area contributed by atoms with Crippen LogP contribution in [0.1, 0.15) is 5.56 Å². The van der Waals surface area contributed by atoms with Gasteiger partial charge in [0.2, 0.25) is 0 Å². The van der Waals surface area contributed by atoms with E-state index in [9.17, 15) is 0 Å². The summed E-state index contributed by atoms with van der Waals surface area (Å²) >= 11 is 2.28. The Bertz CT molecular complexity index is 420. The number of hydrogen-bond acceptors (Lipinski definition) is 1. The van der Waals surface area contributed by atoms with E-state index in [1.165, 1.54) is 11.1 Å². The highest BCUT2D eigenvalue weighted by Gasteiger charge is 2.06. The zero-order chi connectivity index (χ0) is 9.26. The van der Waals surface area contributed by atoms with Crippen LogP contribution >= 0.6 is 22.6 Å². The minimum absolute atomic E-state index is 1.11. The van der Waals surface area contributed by atoms with Crippen molar-refractivity contribution in [2.75, 3.05) is 0 Å². The first-order valence-electron chi connectivity index (χ1n) is 4.04. The predicted octanol–water partition coefficient (Wildman–Crippen LogP) is 2.99. The number of halogens is 1. The summed E-state index contributed by atoms with van der Waals surface area (Å²) in [5.41, 5.74) is 3.60. The first kappa shape index (κ1) is 8.74. The zero-order valence-corrected chi connectivity index (χ0v) is 9.37. The van der Waals surface area contributed by atoms with E-state index in [1.54, 1.807) is 0 Å². The highest BCUT2D eigenvalue weighted by Crippen LogP contribution is 2.24. The van der Waals surface area contributed by atoms with Crippen molar-refractivity contribution < 1.29 is 0 Å². The number of benzene rings is 1. The lowest BCUT2D eigenvalue weighted by Crippen LogP contribution is -1.84. The van der Waals surface area contributed by atoms with Gasteiger partial charge in [0.15, 0.2) is 0 Å². The van der Waals surface area contributed by atoms with Crippen molar-refractivity contribution in [2.24, 2.45) is 0 Å². The minimum atomic E-state index is 1.11. The van der Waals surface area contributed by atoms with Crippen molar-refractivity contribution in [1.82, 2.24) is 10.2 Å². The topological polar surface area (TPSA) is 28.7 Å². The lowest BCUT2D eigenvalue weighted by Gasteiger charge is -2.02. The number of aromatic amines is 1. The van der Waals surface area contributed by atoms with Crippen molar-refractivity contribution in [3.63, 3.8) is 0 Å². The average molecular weight is 284 g/mol. The highest BCUT2D eigenvalue weighted by molar-refractivity contribution is 14.1. The molecule has 1 heterocycles. The second-order valence-electron chi connectivity index (χ2n) is 2.91. The van der Waals surface area contributed by atoms with Gasteiger partial charge in [-0.1, -0.05) is 24.3 Å². The zero-order valence-electron chi connectivity index (χ0n) is 7.21. The van der Waals surface area contributed by atoms with Gasteiger partial charge in [-0.15, -0.1) is 0 Å². The molecular formula is C10H9IN2. The van der Waals surface area contributed by atoms with Gasteiger partial charge in [-0.05, 0) is 35.1 Å². The van der Waals surface area contributed by atoms with E-state index >= 15 is 0 Å². The molecule has 1 N–H and O–H groups in total. The lowest BCUT2D eigenvalue weighted by molar-refractivity contribution is 1.09. The van der Waals surface area contributed by atoms with Crippen LogP contribution in [0.25, 0.3) is 11.3 Å². The van der Waals surface area contributed by atoms with Crippen molar-refractivity contribution >= 4 is 22.6 Å². The Hall–Kier alpha value is -0.840. The maximum absolute atomic E-state index is 4.01. The van der Waals surface area contributed by atoms with Crippen LogP contribution in [0.2, 0.25) is 0 Å². The van der Waals surface area contributed by atoms with E-state index in [2.05, 4.69) is 51.8 Å². The van der Waals surface area contributed by atoms with Crippen molar-refractivity contribution in [3.8, 4) is 11.3 Å². The third kappa shape index (κ3) is 1.60. The monoisotopic (exact) mass is 284 g/mol. The molecule has 3 heteroatoms. The van der Waals surface area contributed by atoms with E-state index in [0.717, 1.165) is 9.26 Å². The summed E-state index contributed by atoms with van der Waals surface area (Å²) in [5.74, 6) is 0. The maximum Gasteiger partial charge on any atom is 0.0786 e. The van der Waals surface area contributed by atoms with E-state index in [0.29, 0.717) is 0 Å². The van der Waals surface area contributed by atoms with Gasteiger partial charge >= 0.3 is 0 Å². The van der Waals surface area contributed by atoms with Crippen LogP contribution in [-0.2, 0) is 0 Å². The Morgan fingerprint density at radius 1 is 1.31 bits per heavy atom. The van der Waals surface area contributed by atoms with E-state index < -0.39 is 0 Å². The molecule has 0 fully saturated rings. The molecule has 13 heavy (non-hydrogen) atoms. The predicted molar refractivity (Wildman–Crippen MR) is 61.5 cm³/mol. The molecule has 0 radical (unpaired) electrons. The molecule has 0 unspecified atom stereocenters. The summed E-state index contributed by atoms with van der Waals surface area (Å²) in [6.07, 6.45) is 1.84. The van der Waals surface area contributed by atoms with Gasteiger partial charge in [0.05, 0.1) is 15.5 Å².